The molecule has 1 aromatic carbocycles. The van der Waals surface area contributed by atoms with Crippen LogP contribution in [0.15, 0.2) is 42.6 Å². The van der Waals surface area contributed by atoms with Gasteiger partial charge in [0.25, 0.3) is 5.91 Å². The maximum Gasteiger partial charge on any atom is 0.272 e. The van der Waals surface area contributed by atoms with E-state index < -0.39 is 0 Å². The Kier molecular flexibility index (Phi) is 4.64. The van der Waals surface area contributed by atoms with Crippen LogP contribution in [0, 0.1) is 0 Å². The molecule has 1 atom stereocenters. The molecule has 24 heavy (non-hydrogen) atoms. The van der Waals surface area contributed by atoms with E-state index in [0.29, 0.717) is 11.5 Å². The summed E-state index contributed by atoms with van der Waals surface area (Å²) in [7, 11) is 1.73. The zero-order valence-corrected chi connectivity index (χ0v) is 13.6. The summed E-state index contributed by atoms with van der Waals surface area (Å²) in [6.07, 6.45) is 2.68. The Morgan fingerprint density at radius 3 is 2.75 bits per heavy atom. The molecule has 0 radical (unpaired) electrons. The molecule has 124 valence electrons. The van der Waals surface area contributed by atoms with Gasteiger partial charge in [-0.3, -0.25) is 9.48 Å². The number of rotatable bonds is 6. The van der Waals surface area contributed by atoms with Crippen LogP contribution in [0.5, 0.6) is 0 Å². The van der Waals surface area contributed by atoms with Gasteiger partial charge in [-0.2, -0.15) is 5.10 Å². The number of tetrazole rings is 1. The molecule has 0 fully saturated rings. The first-order chi connectivity index (χ1) is 11.6. The van der Waals surface area contributed by atoms with Gasteiger partial charge in [0, 0.05) is 19.8 Å². The van der Waals surface area contributed by atoms with Gasteiger partial charge in [-0.1, -0.05) is 30.3 Å². The Hall–Kier alpha value is -3.03. The number of nitrogens with one attached hydrogen (secondary N) is 1. The minimum atomic E-state index is -0.299. The van der Waals surface area contributed by atoms with E-state index in [1.54, 1.807) is 17.8 Å². The molecule has 8 nitrogen and oxygen atoms in total. The molecule has 0 aliphatic carbocycles. The molecule has 0 bridgehead atoms. The zero-order chi connectivity index (χ0) is 16.9. The van der Waals surface area contributed by atoms with E-state index in [-0.39, 0.29) is 11.9 Å². The Morgan fingerprint density at radius 2 is 2.04 bits per heavy atom. The van der Waals surface area contributed by atoms with Crippen LogP contribution in [-0.4, -0.2) is 35.9 Å². The van der Waals surface area contributed by atoms with Gasteiger partial charge in [0.05, 0.1) is 6.04 Å². The van der Waals surface area contributed by atoms with Gasteiger partial charge in [0.15, 0.2) is 5.82 Å². The Balaban J connectivity index is 1.58. The first-order valence-corrected chi connectivity index (χ1v) is 7.74. The molecule has 0 saturated heterocycles. The molecule has 1 amide bonds. The van der Waals surface area contributed by atoms with Crippen LogP contribution >= 0.6 is 0 Å². The maximum atomic E-state index is 12.3. The number of aryl methyl sites for hydroxylation is 3. The van der Waals surface area contributed by atoms with Crippen molar-refractivity contribution >= 4 is 5.91 Å². The number of amides is 1. The second-order valence-electron chi connectivity index (χ2n) is 5.56. The lowest BCUT2D eigenvalue weighted by molar-refractivity contribution is 0.0931. The lowest BCUT2D eigenvalue weighted by atomic mass is 10.2. The molecular weight excluding hydrogens is 306 g/mol. The molecule has 0 spiro atoms. The standard InChI is InChI=1S/C16H19N7O/c1-12(15-18-20-21-22(15)2)17-16(24)14-9-11-23(19-14)10-8-13-6-4-3-5-7-13/h3-7,9,11-12H,8,10H2,1-2H3,(H,17,24). The van der Waals surface area contributed by atoms with Crippen molar-refractivity contribution in [2.45, 2.75) is 25.9 Å². The summed E-state index contributed by atoms with van der Waals surface area (Å²) >= 11 is 0. The van der Waals surface area contributed by atoms with Crippen molar-refractivity contribution in [1.82, 2.24) is 35.3 Å². The highest BCUT2D eigenvalue weighted by Crippen LogP contribution is 2.08. The third kappa shape index (κ3) is 3.65. The molecule has 0 saturated carbocycles. The van der Waals surface area contributed by atoms with Crippen LogP contribution in [0.1, 0.15) is 34.8 Å². The Morgan fingerprint density at radius 1 is 1.25 bits per heavy atom. The van der Waals surface area contributed by atoms with Gasteiger partial charge in [-0.25, -0.2) is 4.68 Å². The van der Waals surface area contributed by atoms with Crippen molar-refractivity contribution in [2.24, 2.45) is 7.05 Å². The Bertz CT molecular complexity index is 809. The SMILES string of the molecule is CC(NC(=O)c1ccn(CCc2ccccc2)n1)c1nnnn1C. The molecule has 0 aliphatic heterocycles. The fourth-order valence-corrected chi connectivity index (χ4v) is 2.43. The molecule has 1 unspecified atom stereocenters. The molecule has 2 heterocycles. The third-order valence-electron chi connectivity index (χ3n) is 3.73. The van der Waals surface area contributed by atoms with Gasteiger partial charge in [-0.05, 0) is 35.4 Å². The molecule has 8 heteroatoms. The topological polar surface area (TPSA) is 90.5 Å². The fourth-order valence-electron chi connectivity index (χ4n) is 2.43. The Labute approximate surface area is 139 Å². The van der Waals surface area contributed by atoms with Gasteiger partial charge in [0.2, 0.25) is 0 Å². The van der Waals surface area contributed by atoms with E-state index >= 15 is 0 Å². The molecule has 3 rings (SSSR count). The van der Waals surface area contributed by atoms with Gasteiger partial charge >= 0.3 is 0 Å². The highest BCUT2D eigenvalue weighted by atomic mass is 16.2. The first-order valence-electron chi connectivity index (χ1n) is 7.74. The fraction of sp³-hybridized carbons (Fsp3) is 0.312. The number of nitrogens with zero attached hydrogens (tertiary/aromatic N) is 6. The number of carbonyl (C=O) groups excluding carboxylic acids is 1. The van der Waals surface area contributed by atoms with Gasteiger partial charge in [0.1, 0.15) is 5.69 Å². The lowest BCUT2D eigenvalue weighted by Crippen LogP contribution is -2.29. The van der Waals surface area contributed by atoms with Crippen molar-refractivity contribution in [3.63, 3.8) is 0 Å². The average molecular weight is 325 g/mol. The molecular formula is C16H19N7O. The largest absolute Gasteiger partial charge is 0.341 e. The lowest BCUT2D eigenvalue weighted by Gasteiger charge is -2.10. The summed E-state index contributed by atoms with van der Waals surface area (Å²) in [5, 5.41) is 18.4. The second-order valence-corrected chi connectivity index (χ2v) is 5.56. The zero-order valence-electron chi connectivity index (χ0n) is 13.6. The van der Waals surface area contributed by atoms with Crippen molar-refractivity contribution in [1.29, 1.82) is 0 Å². The van der Waals surface area contributed by atoms with E-state index in [2.05, 4.69) is 38.1 Å². The predicted octanol–water partition coefficient (Wildman–Crippen LogP) is 1.14. The van der Waals surface area contributed by atoms with Crippen LogP contribution in [0.4, 0.5) is 0 Å². The highest BCUT2D eigenvalue weighted by molar-refractivity contribution is 5.92. The smallest absolute Gasteiger partial charge is 0.272 e. The van der Waals surface area contributed by atoms with E-state index in [4.69, 9.17) is 0 Å². The number of aromatic nitrogens is 6. The molecule has 3 aromatic rings. The van der Waals surface area contributed by atoms with E-state index in [1.165, 1.54) is 10.2 Å². The van der Waals surface area contributed by atoms with Crippen LogP contribution < -0.4 is 5.32 Å². The summed E-state index contributed by atoms with van der Waals surface area (Å²) in [6, 6.07) is 11.6. The normalized spacial score (nSPS) is 12.1. The number of benzene rings is 1. The first kappa shape index (κ1) is 15.9. The van der Waals surface area contributed by atoms with Gasteiger partial charge in [-0.15, -0.1) is 5.10 Å². The summed E-state index contributed by atoms with van der Waals surface area (Å²) in [6.45, 7) is 2.55. The molecule has 2 aromatic heterocycles. The predicted molar refractivity (Wildman–Crippen MR) is 87.1 cm³/mol. The van der Waals surface area contributed by atoms with Crippen LogP contribution in [-0.2, 0) is 20.0 Å². The number of carbonyl (C=O) groups is 1. The minimum absolute atomic E-state index is 0.246. The highest BCUT2D eigenvalue weighted by Gasteiger charge is 2.17. The molecule has 1 N–H and O–H groups in total. The van der Waals surface area contributed by atoms with Crippen LogP contribution in [0.25, 0.3) is 0 Å². The van der Waals surface area contributed by atoms with E-state index in [0.717, 1.165) is 13.0 Å². The van der Waals surface area contributed by atoms with Crippen molar-refractivity contribution < 1.29 is 4.79 Å². The summed E-state index contributed by atoms with van der Waals surface area (Å²) in [4.78, 5) is 12.3. The number of hydrogen-bond donors (Lipinski definition) is 1. The van der Waals surface area contributed by atoms with Crippen molar-refractivity contribution in [3.8, 4) is 0 Å². The van der Waals surface area contributed by atoms with Crippen LogP contribution in [0.2, 0.25) is 0 Å². The molecule has 0 aliphatic rings. The number of hydrogen-bond acceptors (Lipinski definition) is 5. The summed E-state index contributed by atoms with van der Waals surface area (Å²) in [5.41, 5.74) is 1.62. The average Bonchev–Trinajstić information content (AvgIpc) is 3.23. The van der Waals surface area contributed by atoms with E-state index in [1.807, 2.05) is 31.3 Å². The van der Waals surface area contributed by atoms with Crippen molar-refractivity contribution in [2.75, 3.05) is 0 Å². The second kappa shape index (κ2) is 7.03. The minimum Gasteiger partial charge on any atom is -0.341 e. The summed E-state index contributed by atoms with van der Waals surface area (Å²) in [5.74, 6) is 0.343. The third-order valence-corrected chi connectivity index (χ3v) is 3.73. The quantitative estimate of drug-likeness (QED) is 0.734. The summed E-state index contributed by atoms with van der Waals surface area (Å²) < 4.78 is 3.31. The maximum absolute atomic E-state index is 12.3. The van der Waals surface area contributed by atoms with Crippen molar-refractivity contribution in [3.05, 3.63) is 59.7 Å². The monoisotopic (exact) mass is 325 g/mol. The van der Waals surface area contributed by atoms with E-state index in [9.17, 15) is 4.79 Å². The van der Waals surface area contributed by atoms with Crippen LogP contribution in [0.3, 0.4) is 0 Å². The van der Waals surface area contributed by atoms with Gasteiger partial charge < -0.3 is 5.32 Å².